The number of furan rings is 1. The molecule has 0 spiro atoms. The van der Waals surface area contributed by atoms with Gasteiger partial charge in [0.05, 0.1) is 5.56 Å². The van der Waals surface area contributed by atoms with Crippen molar-refractivity contribution in [1.82, 2.24) is 9.97 Å². The minimum absolute atomic E-state index is 0.182. The van der Waals surface area contributed by atoms with Gasteiger partial charge in [-0.05, 0) is 39.3 Å². The molecule has 3 N–H and O–H groups in total. The number of anilines is 1. The number of hydrogen-bond acceptors (Lipinski definition) is 5. The normalized spacial score (nSPS) is 11.6. The molecular weight excluding hydrogens is 240 g/mol. The van der Waals surface area contributed by atoms with Gasteiger partial charge in [0.15, 0.2) is 0 Å². The maximum Gasteiger partial charge on any atom is 0.222 e. The highest BCUT2D eigenvalue weighted by atomic mass is 16.3. The number of nitrogens with two attached hydrogens (primary N) is 1. The van der Waals surface area contributed by atoms with Gasteiger partial charge in [-0.1, -0.05) is 0 Å². The third-order valence-corrected chi connectivity index (χ3v) is 2.73. The molecule has 2 aromatic rings. The smallest absolute Gasteiger partial charge is 0.222 e. The van der Waals surface area contributed by atoms with Crippen LogP contribution >= 0.6 is 0 Å². The van der Waals surface area contributed by atoms with E-state index in [2.05, 4.69) is 15.3 Å². The van der Waals surface area contributed by atoms with Crippen molar-refractivity contribution >= 4 is 5.95 Å². The number of nitrogens with zero attached hydrogens (tertiary/aromatic N) is 2. The lowest BCUT2D eigenvalue weighted by atomic mass is 10.0. The van der Waals surface area contributed by atoms with Crippen LogP contribution in [-0.2, 0) is 0 Å². The molecule has 0 aromatic carbocycles. The summed E-state index contributed by atoms with van der Waals surface area (Å²) in [4.78, 5) is 8.52. The summed E-state index contributed by atoms with van der Waals surface area (Å²) in [7, 11) is 0. The summed E-state index contributed by atoms with van der Waals surface area (Å²) in [6.45, 7) is 6.66. The van der Waals surface area contributed by atoms with Crippen molar-refractivity contribution < 1.29 is 4.42 Å². The van der Waals surface area contributed by atoms with Gasteiger partial charge in [-0.25, -0.2) is 9.97 Å². The first-order valence-electron chi connectivity index (χ1n) is 6.36. The average molecular weight is 260 g/mol. The van der Waals surface area contributed by atoms with Crippen LogP contribution in [0.3, 0.4) is 0 Å². The minimum atomic E-state index is -0.182. The standard InChI is InChI=1S/C14H20N4O/c1-10-4-5-12(19-10)11-8-17-13(18-9-11)16-7-6-14(2,3)15/h4-5,8-9H,6-7,15H2,1-3H3,(H,16,17,18). The molecule has 0 saturated heterocycles. The van der Waals surface area contributed by atoms with E-state index >= 15 is 0 Å². The van der Waals surface area contributed by atoms with E-state index in [9.17, 15) is 0 Å². The van der Waals surface area contributed by atoms with Crippen molar-refractivity contribution in [2.45, 2.75) is 32.7 Å². The Kier molecular flexibility index (Phi) is 3.85. The topological polar surface area (TPSA) is 77.0 Å². The Morgan fingerprint density at radius 1 is 1.26 bits per heavy atom. The second-order valence-electron chi connectivity index (χ2n) is 5.37. The maximum absolute atomic E-state index is 5.91. The number of aryl methyl sites for hydroxylation is 1. The quantitative estimate of drug-likeness (QED) is 0.864. The van der Waals surface area contributed by atoms with E-state index in [4.69, 9.17) is 10.2 Å². The molecule has 2 aromatic heterocycles. The summed E-state index contributed by atoms with van der Waals surface area (Å²) in [5.41, 5.74) is 6.60. The fraction of sp³-hybridized carbons (Fsp3) is 0.429. The molecule has 0 atom stereocenters. The molecule has 0 aliphatic heterocycles. The van der Waals surface area contributed by atoms with Crippen LogP contribution in [-0.4, -0.2) is 22.1 Å². The molecule has 0 amide bonds. The van der Waals surface area contributed by atoms with E-state index in [1.165, 1.54) is 0 Å². The van der Waals surface area contributed by atoms with Gasteiger partial charge < -0.3 is 15.5 Å². The highest BCUT2D eigenvalue weighted by Crippen LogP contribution is 2.20. The van der Waals surface area contributed by atoms with Gasteiger partial charge in [0, 0.05) is 24.5 Å². The average Bonchev–Trinajstić information content (AvgIpc) is 2.75. The van der Waals surface area contributed by atoms with Crippen molar-refractivity contribution in [3.8, 4) is 11.3 Å². The SMILES string of the molecule is Cc1ccc(-c2cnc(NCCC(C)(C)N)nc2)o1. The van der Waals surface area contributed by atoms with Crippen molar-refractivity contribution in [3.05, 3.63) is 30.3 Å². The van der Waals surface area contributed by atoms with Gasteiger partial charge in [0.25, 0.3) is 0 Å². The summed E-state index contributed by atoms with van der Waals surface area (Å²) in [5.74, 6) is 2.27. The monoisotopic (exact) mass is 260 g/mol. The number of aromatic nitrogens is 2. The van der Waals surface area contributed by atoms with E-state index in [1.807, 2.05) is 32.9 Å². The fourth-order valence-electron chi connectivity index (χ4n) is 1.63. The third-order valence-electron chi connectivity index (χ3n) is 2.73. The molecular formula is C14H20N4O. The van der Waals surface area contributed by atoms with Crippen LogP contribution in [0.4, 0.5) is 5.95 Å². The van der Waals surface area contributed by atoms with Crippen molar-refractivity contribution in [3.63, 3.8) is 0 Å². The largest absolute Gasteiger partial charge is 0.461 e. The van der Waals surface area contributed by atoms with E-state index in [0.29, 0.717) is 5.95 Å². The minimum Gasteiger partial charge on any atom is -0.461 e. The predicted molar refractivity (Wildman–Crippen MR) is 75.8 cm³/mol. The summed E-state index contributed by atoms with van der Waals surface area (Å²) >= 11 is 0. The predicted octanol–water partition coefficient (Wildman–Crippen LogP) is 2.58. The third kappa shape index (κ3) is 4.06. The first kappa shape index (κ1) is 13.5. The summed E-state index contributed by atoms with van der Waals surface area (Å²) < 4.78 is 5.52. The van der Waals surface area contributed by atoms with Gasteiger partial charge in [-0.3, -0.25) is 0 Å². The highest BCUT2D eigenvalue weighted by Gasteiger charge is 2.10. The molecule has 0 aliphatic rings. The molecule has 5 nitrogen and oxygen atoms in total. The van der Waals surface area contributed by atoms with Gasteiger partial charge in [-0.2, -0.15) is 0 Å². The van der Waals surface area contributed by atoms with Crippen LogP contribution in [0.2, 0.25) is 0 Å². The lowest BCUT2D eigenvalue weighted by molar-refractivity contribution is 0.490. The van der Waals surface area contributed by atoms with E-state index in [1.54, 1.807) is 12.4 Å². The second-order valence-corrected chi connectivity index (χ2v) is 5.37. The maximum atomic E-state index is 5.91. The van der Waals surface area contributed by atoms with Crippen LogP contribution in [0.1, 0.15) is 26.0 Å². The second kappa shape index (κ2) is 5.40. The van der Waals surface area contributed by atoms with Gasteiger partial charge >= 0.3 is 0 Å². The molecule has 0 saturated carbocycles. The molecule has 0 aliphatic carbocycles. The molecule has 0 radical (unpaired) electrons. The molecule has 5 heteroatoms. The highest BCUT2D eigenvalue weighted by molar-refractivity contribution is 5.55. The van der Waals surface area contributed by atoms with Crippen molar-refractivity contribution in [1.29, 1.82) is 0 Å². The number of hydrogen-bond donors (Lipinski definition) is 2. The van der Waals surface area contributed by atoms with Crippen LogP contribution in [0, 0.1) is 6.92 Å². The zero-order chi connectivity index (χ0) is 13.9. The lowest BCUT2D eigenvalue weighted by Gasteiger charge is -2.18. The van der Waals surface area contributed by atoms with Crippen LogP contribution in [0.15, 0.2) is 28.9 Å². The Morgan fingerprint density at radius 2 is 1.95 bits per heavy atom. The van der Waals surface area contributed by atoms with Gasteiger partial charge in [0.1, 0.15) is 11.5 Å². The molecule has 2 rings (SSSR count). The Labute approximate surface area is 113 Å². The molecule has 0 unspecified atom stereocenters. The zero-order valence-electron chi connectivity index (χ0n) is 11.6. The first-order chi connectivity index (χ1) is 8.94. The lowest BCUT2D eigenvalue weighted by Crippen LogP contribution is -2.34. The Morgan fingerprint density at radius 3 is 2.47 bits per heavy atom. The summed E-state index contributed by atoms with van der Waals surface area (Å²) in [6.07, 6.45) is 4.36. The molecule has 0 fully saturated rings. The van der Waals surface area contributed by atoms with E-state index < -0.39 is 0 Å². The van der Waals surface area contributed by atoms with Gasteiger partial charge in [-0.15, -0.1) is 0 Å². The van der Waals surface area contributed by atoms with Crippen molar-refractivity contribution in [2.75, 3.05) is 11.9 Å². The van der Waals surface area contributed by atoms with E-state index in [-0.39, 0.29) is 5.54 Å². The van der Waals surface area contributed by atoms with E-state index in [0.717, 1.165) is 30.0 Å². The molecule has 0 bridgehead atoms. The number of nitrogens with one attached hydrogen (secondary N) is 1. The van der Waals surface area contributed by atoms with Gasteiger partial charge in [0.2, 0.25) is 5.95 Å². The Bertz CT molecular complexity index is 525. The molecule has 102 valence electrons. The van der Waals surface area contributed by atoms with Crippen LogP contribution in [0.5, 0.6) is 0 Å². The number of rotatable bonds is 5. The molecule has 2 heterocycles. The Balaban J connectivity index is 1.95. The summed E-state index contributed by atoms with van der Waals surface area (Å²) in [6, 6.07) is 3.84. The van der Waals surface area contributed by atoms with Crippen LogP contribution in [0.25, 0.3) is 11.3 Å². The summed E-state index contributed by atoms with van der Waals surface area (Å²) in [5, 5.41) is 3.15. The zero-order valence-corrected chi connectivity index (χ0v) is 11.6. The first-order valence-corrected chi connectivity index (χ1v) is 6.36. The Hall–Kier alpha value is -1.88. The van der Waals surface area contributed by atoms with Crippen LogP contribution < -0.4 is 11.1 Å². The molecule has 19 heavy (non-hydrogen) atoms. The fourth-order valence-corrected chi connectivity index (χ4v) is 1.63. The van der Waals surface area contributed by atoms with Crippen molar-refractivity contribution in [2.24, 2.45) is 5.73 Å².